The first-order valence-electron chi connectivity index (χ1n) is 9.29. The first kappa shape index (κ1) is 17.4. The fraction of sp³-hybridized carbons (Fsp3) is 0.333. The van der Waals surface area contributed by atoms with Crippen molar-refractivity contribution in [3.05, 3.63) is 53.1 Å². The molecule has 1 spiro atoms. The lowest BCUT2D eigenvalue weighted by molar-refractivity contribution is -0.118. The van der Waals surface area contributed by atoms with E-state index in [9.17, 15) is 9.59 Å². The SMILES string of the molecule is O=C(Nc1ccc2c(c1)OCO2)C1CC12CCN(C(=O)c1ccc(Cl)cc1)C2. The van der Waals surface area contributed by atoms with Crippen LogP contribution in [0.4, 0.5) is 5.69 Å². The maximum Gasteiger partial charge on any atom is 0.253 e. The van der Waals surface area contributed by atoms with Crippen LogP contribution in [0.1, 0.15) is 23.2 Å². The van der Waals surface area contributed by atoms with Gasteiger partial charge in [0.25, 0.3) is 5.91 Å². The number of nitrogens with one attached hydrogen (secondary N) is 1. The van der Waals surface area contributed by atoms with Gasteiger partial charge in [-0.25, -0.2) is 0 Å². The number of anilines is 1. The van der Waals surface area contributed by atoms with Gasteiger partial charge in [-0.2, -0.15) is 0 Å². The summed E-state index contributed by atoms with van der Waals surface area (Å²) < 4.78 is 10.6. The molecule has 2 atom stereocenters. The van der Waals surface area contributed by atoms with Crippen LogP contribution in [0.15, 0.2) is 42.5 Å². The van der Waals surface area contributed by atoms with Crippen LogP contribution in [-0.4, -0.2) is 36.6 Å². The Morgan fingerprint density at radius 2 is 1.89 bits per heavy atom. The fourth-order valence-electron chi connectivity index (χ4n) is 4.22. The quantitative estimate of drug-likeness (QED) is 0.858. The molecule has 1 saturated heterocycles. The highest BCUT2D eigenvalue weighted by molar-refractivity contribution is 6.30. The van der Waals surface area contributed by atoms with Crippen LogP contribution in [0.3, 0.4) is 0 Å². The van der Waals surface area contributed by atoms with Crippen molar-refractivity contribution in [2.24, 2.45) is 11.3 Å². The molecule has 2 aromatic carbocycles. The Hall–Kier alpha value is -2.73. The largest absolute Gasteiger partial charge is 0.454 e. The molecule has 144 valence electrons. The molecule has 2 unspecified atom stereocenters. The highest BCUT2D eigenvalue weighted by Gasteiger charge is 2.61. The summed E-state index contributed by atoms with van der Waals surface area (Å²) >= 11 is 5.90. The first-order valence-corrected chi connectivity index (χ1v) is 9.67. The van der Waals surface area contributed by atoms with Crippen LogP contribution in [0.25, 0.3) is 0 Å². The van der Waals surface area contributed by atoms with E-state index < -0.39 is 0 Å². The number of rotatable bonds is 3. The van der Waals surface area contributed by atoms with Crippen LogP contribution in [-0.2, 0) is 4.79 Å². The molecular formula is C21H19ClN2O4. The van der Waals surface area contributed by atoms with E-state index in [4.69, 9.17) is 21.1 Å². The van der Waals surface area contributed by atoms with Crippen LogP contribution in [0.2, 0.25) is 5.02 Å². The molecule has 2 fully saturated rings. The van der Waals surface area contributed by atoms with E-state index in [-0.39, 0.29) is 29.9 Å². The highest BCUT2D eigenvalue weighted by Crippen LogP contribution is 2.59. The zero-order valence-corrected chi connectivity index (χ0v) is 15.9. The lowest BCUT2D eigenvalue weighted by atomic mass is 10.0. The van der Waals surface area contributed by atoms with Gasteiger partial charge in [0.15, 0.2) is 11.5 Å². The number of amides is 2. The number of carbonyl (C=O) groups excluding carboxylic acids is 2. The zero-order chi connectivity index (χ0) is 19.3. The molecular weight excluding hydrogens is 380 g/mol. The van der Waals surface area contributed by atoms with Gasteiger partial charge in [0.05, 0.1) is 0 Å². The molecule has 7 heteroatoms. The second-order valence-corrected chi connectivity index (χ2v) is 8.10. The lowest BCUT2D eigenvalue weighted by Crippen LogP contribution is -2.29. The number of nitrogens with zero attached hydrogens (tertiary/aromatic N) is 1. The van der Waals surface area contributed by atoms with E-state index in [1.807, 2.05) is 11.0 Å². The second kappa shape index (κ2) is 6.41. The summed E-state index contributed by atoms with van der Waals surface area (Å²) in [6.45, 7) is 1.50. The number of benzene rings is 2. The highest BCUT2D eigenvalue weighted by atomic mass is 35.5. The summed E-state index contributed by atoms with van der Waals surface area (Å²) in [6, 6.07) is 12.3. The van der Waals surface area contributed by atoms with Gasteiger partial charge >= 0.3 is 0 Å². The molecule has 3 aliphatic rings. The van der Waals surface area contributed by atoms with Gasteiger partial charge in [0, 0.05) is 46.8 Å². The number of fused-ring (bicyclic) bond motifs is 1. The van der Waals surface area contributed by atoms with Crippen molar-refractivity contribution in [2.45, 2.75) is 12.8 Å². The van der Waals surface area contributed by atoms with Gasteiger partial charge in [0.2, 0.25) is 12.7 Å². The van der Waals surface area contributed by atoms with Crippen molar-refractivity contribution in [3.63, 3.8) is 0 Å². The van der Waals surface area contributed by atoms with E-state index >= 15 is 0 Å². The number of ether oxygens (including phenoxy) is 2. The van der Waals surface area contributed by atoms with Gasteiger partial charge in [0.1, 0.15) is 0 Å². The molecule has 2 amide bonds. The average molecular weight is 399 g/mol. The summed E-state index contributed by atoms with van der Waals surface area (Å²) in [5.41, 5.74) is 1.23. The smallest absolute Gasteiger partial charge is 0.253 e. The van der Waals surface area contributed by atoms with Gasteiger partial charge in [-0.1, -0.05) is 11.6 Å². The maximum absolute atomic E-state index is 12.7. The molecule has 28 heavy (non-hydrogen) atoms. The molecule has 1 N–H and O–H groups in total. The molecule has 1 aliphatic carbocycles. The third-order valence-electron chi connectivity index (χ3n) is 5.91. The van der Waals surface area contributed by atoms with Crippen molar-refractivity contribution in [1.82, 2.24) is 4.90 Å². The predicted molar refractivity (Wildman–Crippen MR) is 104 cm³/mol. The van der Waals surface area contributed by atoms with E-state index in [1.54, 1.807) is 36.4 Å². The van der Waals surface area contributed by atoms with Crippen molar-refractivity contribution < 1.29 is 19.1 Å². The Kier molecular flexibility index (Phi) is 3.98. The Bertz CT molecular complexity index is 961. The van der Waals surface area contributed by atoms with Gasteiger partial charge < -0.3 is 19.7 Å². The second-order valence-electron chi connectivity index (χ2n) is 7.66. The van der Waals surface area contributed by atoms with Crippen LogP contribution < -0.4 is 14.8 Å². The number of carbonyl (C=O) groups is 2. The Balaban J connectivity index is 1.22. The van der Waals surface area contributed by atoms with Crippen molar-refractivity contribution in [1.29, 1.82) is 0 Å². The molecule has 6 nitrogen and oxygen atoms in total. The van der Waals surface area contributed by atoms with E-state index in [2.05, 4.69) is 5.32 Å². The predicted octanol–water partition coefficient (Wildman–Crippen LogP) is 3.56. The topological polar surface area (TPSA) is 67.9 Å². The monoisotopic (exact) mass is 398 g/mol. The van der Waals surface area contributed by atoms with E-state index in [0.29, 0.717) is 40.9 Å². The van der Waals surface area contributed by atoms with Crippen LogP contribution in [0, 0.1) is 11.3 Å². The summed E-state index contributed by atoms with van der Waals surface area (Å²) in [7, 11) is 0. The Morgan fingerprint density at radius 3 is 2.71 bits per heavy atom. The molecule has 0 radical (unpaired) electrons. The number of halogens is 1. The first-order chi connectivity index (χ1) is 13.5. The summed E-state index contributed by atoms with van der Waals surface area (Å²) in [4.78, 5) is 27.3. The minimum absolute atomic E-state index is 0.000317. The number of hydrogen-bond donors (Lipinski definition) is 1. The molecule has 5 rings (SSSR count). The van der Waals surface area contributed by atoms with Crippen molar-refractivity contribution >= 4 is 29.1 Å². The van der Waals surface area contributed by atoms with Gasteiger partial charge in [-0.3, -0.25) is 9.59 Å². The lowest BCUT2D eigenvalue weighted by Gasteiger charge is -2.17. The fourth-order valence-corrected chi connectivity index (χ4v) is 4.34. The zero-order valence-electron chi connectivity index (χ0n) is 15.1. The molecule has 2 heterocycles. The third kappa shape index (κ3) is 2.98. The molecule has 2 aromatic rings. The minimum Gasteiger partial charge on any atom is -0.454 e. The van der Waals surface area contributed by atoms with Crippen LogP contribution >= 0.6 is 11.6 Å². The summed E-state index contributed by atoms with van der Waals surface area (Å²) in [6.07, 6.45) is 1.67. The van der Waals surface area contributed by atoms with E-state index in [1.165, 1.54) is 0 Å². The molecule has 0 bridgehead atoms. The number of hydrogen-bond acceptors (Lipinski definition) is 4. The van der Waals surface area contributed by atoms with Crippen molar-refractivity contribution in [3.8, 4) is 11.5 Å². The van der Waals surface area contributed by atoms with Gasteiger partial charge in [-0.05, 0) is 49.2 Å². The van der Waals surface area contributed by atoms with Crippen molar-refractivity contribution in [2.75, 3.05) is 25.2 Å². The third-order valence-corrected chi connectivity index (χ3v) is 6.16. The Labute approximate surface area is 167 Å². The molecule has 1 saturated carbocycles. The average Bonchev–Trinajstić information content (AvgIpc) is 3.02. The standard InChI is InChI=1S/C21H19ClN2O4/c22-14-3-1-13(2-4-14)20(26)24-8-7-21(11-24)10-16(21)19(25)23-15-5-6-17-18(9-15)28-12-27-17/h1-6,9,16H,7-8,10-12H2,(H,23,25). The van der Waals surface area contributed by atoms with Crippen LogP contribution in [0.5, 0.6) is 11.5 Å². The minimum atomic E-state index is -0.0947. The van der Waals surface area contributed by atoms with E-state index in [0.717, 1.165) is 12.8 Å². The summed E-state index contributed by atoms with van der Waals surface area (Å²) in [5, 5.41) is 3.58. The maximum atomic E-state index is 12.7. The molecule has 0 aromatic heterocycles. The normalized spacial score (nSPS) is 24.5. The Morgan fingerprint density at radius 1 is 1.11 bits per heavy atom. The van der Waals surface area contributed by atoms with Gasteiger partial charge in [-0.15, -0.1) is 0 Å². The molecule has 2 aliphatic heterocycles. The number of likely N-dealkylation sites (tertiary alicyclic amines) is 1. The summed E-state index contributed by atoms with van der Waals surface area (Å²) in [5.74, 6) is 1.26.